The van der Waals surface area contributed by atoms with Crippen LogP contribution in [0.1, 0.15) is 50.7 Å². The number of benzene rings is 8. The molecule has 5 nitrogen and oxygen atoms in total. The molecule has 11 rings (SSSR count). The summed E-state index contributed by atoms with van der Waals surface area (Å²) in [5.74, 6) is 1.39. The number of furan rings is 1. The SMILES string of the molecule is CC(C)c1cc(-c2ccc(-c3ccccc3)cc2)cc(C(C)C)c1-n1c(-c2[c-]ccc3c2oc2ccccc23)nc2ccccc21.[C-]#[N+]c1ccc(-c2cc[c-]c(-c3ccccn3)c2)cc1.[Ir]. The fraction of sp³-hybridized carbons (Fsp3) is 0.0984. The smallest absolute Gasteiger partial charge is 0.187 e. The van der Waals surface area contributed by atoms with Crippen molar-refractivity contribution < 1.29 is 24.5 Å². The van der Waals surface area contributed by atoms with Gasteiger partial charge in [-0.1, -0.05) is 160 Å². The van der Waals surface area contributed by atoms with E-state index in [1.165, 1.54) is 39.1 Å². The van der Waals surface area contributed by atoms with Gasteiger partial charge in [0.2, 0.25) is 0 Å². The monoisotopic (exact) mass is 1040 g/mol. The van der Waals surface area contributed by atoms with Crippen LogP contribution in [0, 0.1) is 18.7 Å². The quantitative estimate of drug-likeness (QED) is 0.143. The van der Waals surface area contributed by atoms with Gasteiger partial charge in [0.15, 0.2) is 5.69 Å². The Labute approximate surface area is 405 Å². The van der Waals surface area contributed by atoms with E-state index in [-0.39, 0.29) is 31.9 Å². The number of imidazole rings is 1. The van der Waals surface area contributed by atoms with Gasteiger partial charge in [-0.15, -0.1) is 53.6 Å². The van der Waals surface area contributed by atoms with E-state index in [1.54, 1.807) is 6.20 Å². The van der Waals surface area contributed by atoms with E-state index in [2.05, 4.69) is 169 Å². The summed E-state index contributed by atoms with van der Waals surface area (Å²) in [4.78, 5) is 13.0. The first-order valence-electron chi connectivity index (χ1n) is 22.4. The third kappa shape index (κ3) is 8.88. The molecule has 0 spiro atoms. The normalized spacial score (nSPS) is 11.1. The van der Waals surface area contributed by atoms with Crippen LogP contribution in [-0.2, 0) is 20.1 Å². The Bertz CT molecular complexity index is 3500. The topological polar surface area (TPSA) is 48.2 Å². The molecule has 3 aromatic heterocycles. The van der Waals surface area contributed by atoms with E-state index in [9.17, 15) is 0 Å². The maximum Gasteiger partial charge on any atom is 0.187 e. The van der Waals surface area contributed by atoms with E-state index < -0.39 is 0 Å². The standard InChI is InChI=1S/C43H35N2O.C18H11N2.Ir/c1-27(2)36-25-32(31-23-21-30(22-24-31)29-13-6-5-7-14-29)26-37(28(3)4)41(36)45-39-19-10-9-18-38(39)44-43(45)35-17-12-16-34-33-15-8-11-20-40(33)46-42(34)35;1-19-17-10-8-14(9-11-17)15-5-4-6-16(13-15)18-7-2-3-12-20-18;/h5-16,18-28H,1-4H3;2-5,7-13H;/q2*-1;. The van der Waals surface area contributed by atoms with Crippen molar-refractivity contribution in [1.82, 2.24) is 14.5 Å². The maximum absolute atomic E-state index is 6.98. The third-order valence-electron chi connectivity index (χ3n) is 12.2. The van der Waals surface area contributed by atoms with Crippen molar-refractivity contribution in [2.75, 3.05) is 0 Å². The van der Waals surface area contributed by atoms with Crippen LogP contribution in [0.15, 0.2) is 199 Å². The van der Waals surface area contributed by atoms with E-state index in [4.69, 9.17) is 16.0 Å². The number of pyridine rings is 1. The Hall–Kier alpha value is -7.68. The first-order chi connectivity index (χ1) is 32.3. The van der Waals surface area contributed by atoms with Crippen LogP contribution < -0.4 is 0 Å². The number of rotatable bonds is 8. The summed E-state index contributed by atoms with van der Waals surface area (Å²) in [5, 5.41) is 2.18. The fourth-order valence-corrected chi connectivity index (χ4v) is 8.79. The average Bonchev–Trinajstić information content (AvgIpc) is 3.96. The summed E-state index contributed by atoms with van der Waals surface area (Å²) in [5.41, 5.74) is 18.0. The van der Waals surface area contributed by atoms with Crippen LogP contribution >= 0.6 is 0 Å². The molecule has 0 saturated carbocycles. The van der Waals surface area contributed by atoms with Gasteiger partial charge in [0.1, 0.15) is 5.58 Å². The summed E-state index contributed by atoms with van der Waals surface area (Å²) < 4.78 is 8.88. The molecule has 11 aromatic rings. The number of aromatic nitrogens is 3. The molecule has 1 radical (unpaired) electrons. The van der Waals surface area contributed by atoms with Crippen LogP contribution in [-0.4, -0.2) is 14.5 Å². The Kier molecular flexibility index (Phi) is 12.9. The summed E-state index contributed by atoms with van der Waals surface area (Å²) >= 11 is 0. The zero-order valence-corrected chi connectivity index (χ0v) is 40.1. The van der Waals surface area contributed by atoms with Crippen molar-refractivity contribution >= 4 is 38.7 Å². The molecule has 0 atom stereocenters. The minimum Gasteiger partial charge on any atom is -0.501 e. The number of fused-ring (bicyclic) bond motifs is 4. The van der Waals surface area contributed by atoms with Gasteiger partial charge in [-0.25, -0.2) is 4.85 Å². The molecule has 6 heteroatoms. The van der Waals surface area contributed by atoms with Gasteiger partial charge < -0.3 is 14.0 Å². The Balaban J connectivity index is 0.000000224. The Morgan fingerprint density at radius 2 is 1.18 bits per heavy atom. The van der Waals surface area contributed by atoms with Crippen molar-refractivity contribution in [2.45, 2.75) is 39.5 Å². The average molecular weight is 1040 g/mol. The van der Waals surface area contributed by atoms with E-state index in [0.29, 0.717) is 5.69 Å². The number of nitrogens with zero attached hydrogens (tertiary/aromatic N) is 4. The molecule has 0 amide bonds. The second-order valence-electron chi connectivity index (χ2n) is 17.1. The minimum absolute atomic E-state index is 0. The predicted octanol–water partition coefficient (Wildman–Crippen LogP) is 16.7. The zero-order chi connectivity index (χ0) is 45.1. The first kappa shape index (κ1) is 44.5. The van der Waals surface area contributed by atoms with Crippen LogP contribution in [0.4, 0.5) is 5.69 Å². The van der Waals surface area contributed by atoms with Gasteiger partial charge >= 0.3 is 0 Å². The fourth-order valence-electron chi connectivity index (χ4n) is 8.79. The van der Waals surface area contributed by atoms with Crippen molar-refractivity contribution in [3.8, 4) is 61.7 Å². The molecule has 67 heavy (non-hydrogen) atoms. The summed E-state index contributed by atoms with van der Waals surface area (Å²) in [7, 11) is 0. The molecular formula is C61H46IrN4O-2. The summed E-state index contributed by atoms with van der Waals surface area (Å²) in [6, 6.07) is 71.2. The van der Waals surface area contributed by atoms with Gasteiger partial charge in [0.25, 0.3) is 0 Å². The van der Waals surface area contributed by atoms with Gasteiger partial charge in [0, 0.05) is 37.4 Å². The molecule has 0 saturated heterocycles. The van der Waals surface area contributed by atoms with Crippen molar-refractivity contribution in [3.05, 3.63) is 229 Å². The predicted molar refractivity (Wildman–Crippen MR) is 272 cm³/mol. The molecule has 0 fully saturated rings. The Morgan fingerprint density at radius 1 is 0.567 bits per heavy atom. The molecule has 327 valence electrons. The zero-order valence-electron chi connectivity index (χ0n) is 37.7. The number of para-hydroxylation sites is 3. The molecule has 3 heterocycles. The van der Waals surface area contributed by atoms with Gasteiger partial charge in [-0.05, 0) is 92.9 Å². The molecule has 0 N–H and O–H groups in total. The van der Waals surface area contributed by atoms with Crippen LogP contribution in [0.5, 0.6) is 0 Å². The summed E-state index contributed by atoms with van der Waals surface area (Å²) in [6.07, 6.45) is 1.78. The third-order valence-corrected chi connectivity index (χ3v) is 12.2. The summed E-state index contributed by atoms with van der Waals surface area (Å²) in [6.45, 7) is 16.1. The van der Waals surface area contributed by atoms with Crippen molar-refractivity contribution in [3.63, 3.8) is 0 Å². The van der Waals surface area contributed by atoms with Crippen LogP contribution in [0.25, 0.3) is 99.5 Å². The molecule has 8 aromatic carbocycles. The molecular weight excluding hydrogens is 997 g/mol. The minimum atomic E-state index is 0. The molecule has 0 aliphatic heterocycles. The van der Waals surface area contributed by atoms with E-state index >= 15 is 0 Å². The molecule has 0 aliphatic carbocycles. The second-order valence-corrected chi connectivity index (χ2v) is 17.1. The first-order valence-corrected chi connectivity index (χ1v) is 22.4. The van der Waals surface area contributed by atoms with Gasteiger partial charge in [-0.3, -0.25) is 4.98 Å². The maximum atomic E-state index is 6.98. The number of hydrogen-bond donors (Lipinski definition) is 0. The molecule has 0 aliphatic rings. The van der Waals surface area contributed by atoms with Gasteiger partial charge in [0.05, 0.1) is 29.0 Å². The molecule has 0 unspecified atom stereocenters. The van der Waals surface area contributed by atoms with Crippen LogP contribution in [0.2, 0.25) is 0 Å². The van der Waals surface area contributed by atoms with E-state index in [1.807, 2.05) is 72.8 Å². The van der Waals surface area contributed by atoms with Crippen LogP contribution in [0.3, 0.4) is 0 Å². The number of hydrogen-bond acceptors (Lipinski definition) is 3. The van der Waals surface area contributed by atoms with Crippen molar-refractivity contribution in [1.29, 1.82) is 0 Å². The van der Waals surface area contributed by atoms with E-state index in [0.717, 1.165) is 66.7 Å². The largest absolute Gasteiger partial charge is 0.501 e. The van der Waals surface area contributed by atoms with Crippen molar-refractivity contribution in [2.24, 2.45) is 0 Å². The van der Waals surface area contributed by atoms with Gasteiger partial charge in [-0.2, -0.15) is 0 Å². The molecule has 0 bridgehead atoms. The Morgan fingerprint density at radius 3 is 1.88 bits per heavy atom. The second kappa shape index (κ2) is 19.4.